The van der Waals surface area contributed by atoms with Gasteiger partial charge in [-0.15, -0.1) is 0 Å². The molecule has 0 spiro atoms. The van der Waals surface area contributed by atoms with E-state index in [-0.39, 0.29) is 11.8 Å². The minimum atomic E-state index is -0.223. The normalized spacial score (nSPS) is 14.4. The molecule has 0 amide bonds. The van der Waals surface area contributed by atoms with Crippen molar-refractivity contribution in [2.24, 2.45) is 0 Å². The van der Waals surface area contributed by atoms with Gasteiger partial charge in [0.05, 0.1) is 13.5 Å². The van der Waals surface area contributed by atoms with Crippen molar-refractivity contribution in [3.63, 3.8) is 0 Å². The second kappa shape index (κ2) is 4.99. The minimum Gasteiger partial charge on any atom is -0.469 e. The molecule has 0 saturated heterocycles. The van der Waals surface area contributed by atoms with Crippen molar-refractivity contribution in [3.05, 3.63) is 29.8 Å². The average molecular weight is 233 g/mol. The number of esters is 1. The molecular formula is C13H15NO3. The molecule has 1 aliphatic rings. The highest BCUT2D eigenvalue weighted by Crippen LogP contribution is 2.26. The van der Waals surface area contributed by atoms with E-state index in [0.29, 0.717) is 25.9 Å². The topological polar surface area (TPSA) is 46.6 Å². The molecule has 0 N–H and O–H groups in total. The van der Waals surface area contributed by atoms with Gasteiger partial charge in [0.2, 0.25) is 0 Å². The van der Waals surface area contributed by atoms with Gasteiger partial charge in [-0.2, -0.15) is 0 Å². The van der Waals surface area contributed by atoms with Crippen LogP contribution in [0.5, 0.6) is 0 Å². The first-order valence-electron chi connectivity index (χ1n) is 5.66. The van der Waals surface area contributed by atoms with Gasteiger partial charge in [0.25, 0.3) is 0 Å². The highest BCUT2D eigenvalue weighted by atomic mass is 16.5. The van der Waals surface area contributed by atoms with E-state index < -0.39 is 0 Å². The van der Waals surface area contributed by atoms with Gasteiger partial charge in [0.1, 0.15) is 0 Å². The molecule has 0 atom stereocenters. The van der Waals surface area contributed by atoms with Crippen molar-refractivity contribution < 1.29 is 14.3 Å². The Labute approximate surface area is 100 Å². The standard InChI is InChI=1S/C13H15NO3/c1-17-13(16)7-9-14-8-6-12(15)10-4-2-3-5-11(10)14/h2-5H,6-9H2,1H3. The third-order valence-corrected chi connectivity index (χ3v) is 2.97. The van der Waals surface area contributed by atoms with Gasteiger partial charge in [-0.05, 0) is 12.1 Å². The second-order valence-corrected chi connectivity index (χ2v) is 4.00. The zero-order valence-corrected chi connectivity index (χ0v) is 9.81. The van der Waals surface area contributed by atoms with E-state index in [4.69, 9.17) is 0 Å². The molecule has 1 heterocycles. The smallest absolute Gasteiger partial charge is 0.307 e. The van der Waals surface area contributed by atoms with E-state index in [1.54, 1.807) is 0 Å². The Hall–Kier alpha value is -1.84. The van der Waals surface area contributed by atoms with E-state index in [1.165, 1.54) is 7.11 Å². The third kappa shape index (κ3) is 2.46. The van der Waals surface area contributed by atoms with Crippen molar-refractivity contribution in [1.29, 1.82) is 0 Å². The predicted molar refractivity (Wildman–Crippen MR) is 64.2 cm³/mol. The molecule has 0 fully saturated rings. The van der Waals surface area contributed by atoms with Crippen molar-refractivity contribution in [2.45, 2.75) is 12.8 Å². The second-order valence-electron chi connectivity index (χ2n) is 4.00. The predicted octanol–water partition coefficient (Wildman–Crippen LogP) is 1.64. The van der Waals surface area contributed by atoms with Crippen molar-refractivity contribution in [1.82, 2.24) is 0 Å². The van der Waals surface area contributed by atoms with E-state index in [9.17, 15) is 9.59 Å². The van der Waals surface area contributed by atoms with E-state index in [0.717, 1.165) is 11.3 Å². The number of hydrogen-bond donors (Lipinski definition) is 0. The van der Waals surface area contributed by atoms with Crippen LogP contribution < -0.4 is 4.90 Å². The highest BCUT2D eigenvalue weighted by molar-refractivity contribution is 6.03. The third-order valence-electron chi connectivity index (χ3n) is 2.97. The number of ether oxygens (including phenoxy) is 1. The van der Waals surface area contributed by atoms with Crippen LogP contribution in [0.3, 0.4) is 0 Å². The number of benzene rings is 1. The summed E-state index contributed by atoms with van der Waals surface area (Å²) >= 11 is 0. The summed E-state index contributed by atoms with van der Waals surface area (Å²) in [4.78, 5) is 24.9. The lowest BCUT2D eigenvalue weighted by Crippen LogP contribution is -2.33. The fourth-order valence-corrected chi connectivity index (χ4v) is 2.04. The molecule has 4 heteroatoms. The van der Waals surface area contributed by atoms with Crippen LogP contribution in [0.25, 0.3) is 0 Å². The summed E-state index contributed by atoms with van der Waals surface area (Å²) in [5, 5.41) is 0. The van der Waals surface area contributed by atoms with Crippen molar-refractivity contribution >= 4 is 17.4 Å². The number of hydrogen-bond acceptors (Lipinski definition) is 4. The molecular weight excluding hydrogens is 218 g/mol. The van der Waals surface area contributed by atoms with Crippen LogP contribution >= 0.6 is 0 Å². The minimum absolute atomic E-state index is 0.176. The monoisotopic (exact) mass is 233 g/mol. The van der Waals surface area contributed by atoms with Gasteiger partial charge in [0.15, 0.2) is 5.78 Å². The molecule has 0 aromatic heterocycles. The zero-order valence-electron chi connectivity index (χ0n) is 9.81. The number of methoxy groups -OCH3 is 1. The van der Waals surface area contributed by atoms with Crippen molar-refractivity contribution in [2.75, 3.05) is 25.1 Å². The average Bonchev–Trinajstić information content (AvgIpc) is 2.38. The van der Waals surface area contributed by atoms with Crippen LogP contribution in [0.4, 0.5) is 5.69 Å². The van der Waals surface area contributed by atoms with Crippen LogP contribution in [-0.2, 0) is 9.53 Å². The first kappa shape index (κ1) is 11.6. The van der Waals surface area contributed by atoms with E-state index in [2.05, 4.69) is 9.64 Å². The SMILES string of the molecule is COC(=O)CCN1CCC(=O)c2ccccc21. The van der Waals surface area contributed by atoms with Crippen molar-refractivity contribution in [3.8, 4) is 0 Å². The number of para-hydroxylation sites is 1. The Morgan fingerprint density at radius 2 is 2.18 bits per heavy atom. The summed E-state index contributed by atoms with van der Waals surface area (Å²) < 4.78 is 4.62. The summed E-state index contributed by atoms with van der Waals surface area (Å²) in [6, 6.07) is 7.52. The maximum Gasteiger partial charge on any atom is 0.307 e. The van der Waals surface area contributed by atoms with Crippen LogP contribution in [0, 0.1) is 0 Å². The summed E-state index contributed by atoms with van der Waals surface area (Å²) in [6.45, 7) is 1.27. The van der Waals surface area contributed by atoms with Gasteiger partial charge < -0.3 is 9.64 Å². The molecule has 0 saturated carbocycles. The molecule has 0 aliphatic carbocycles. The number of anilines is 1. The number of carbonyl (C=O) groups is 2. The highest BCUT2D eigenvalue weighted by Gasteiger charge is 2.22. The zero-order chi connectivity index (χ0) is 12.3. The summed E-state index contributed by atoms with van der Waals surface area (Å²) in [6.07, 6.45) is 0.858. The number of fused-ring (bicyclic) bond motifs is 1. The van der Waals surface area contributed by atoms with Crippen LogP contribution in [-0.4, -0.2) is 32.0 Å². The van der Waals surface area contributed by atoms with E-state index >= 15 is 0 Å². The fraction of sp³-hybridized carbons (Fsp3) is 0.385. The largest absolute Gasteiger partial charge is 0.469 e. The lowest BCUT2D eigenvalue weighted by Gasteiger charge is -2.30. The first-order valence-corrected chi connectivity index (χ1v) is 5.66. The van der Waals surface area contributed by atoms with Crippen LogP contribution in [0.2, 0.25) is 0 Å². The lowest BCUT2D eigenvalue weighted by atomic mass is 10.0. The Morgan fingerprint density at radius 3 is 2.94 bits per heavy atom. The Morgan fingerprint density at radius 1 is 1.41 bits per heavy atom. The molecule has 0 unspecified atom stereocenters. The molecule has 1 aromatic carbocycles. The maximum atomic E-state index is 11.7. The number of nitrogens with zero attached hydrogens (tertiary/aromatic N) is 1. The molecule has 2 rings (SSSR count). The fourth-order valence-electron chi connectivity index (χ4n) is 2.04. The maximum absolute atomic E-state index is 11.7. The van der Waals surface area contributed by atoms with Gasteiger partial charge in [-0.3, -0.25) is 9.59 Å². The van der Waals surface area contributed by atoms with Crippen LogP contribution in [0.1, 0.15) is 23.2 Å². The number of ketones is 1. The van der Waals surface area contributed by atoms with Gasteiger partial charge >= 0.3 is 5.97 Å². The Balaban J connectivity index is 2.13. The summed E-state index contributed by atoms with van der Waals surface area (Å²) in [7, 11) is 1.38. The summed E-state index contributed by atoms with van der Waals surface area (Å²) in [5.41, 5.74) is 1.68. The molecule has 4 nitrogen and oxygen atoms in total. The van der Waals surface area contributed by atoms with E-state index in [1.807, 2.05) is 24.3 Å². The first-order chi connectivity index (χ1) is 8.22. The molecule has 0 bridgehead atoms. The number of rotatable bonds is 3. The summed E-state index contributed by atoms with van der Waals surface area (Å²) in [5.74, 6) is -0.0469. The Kier molecular flexibility index (Phi) is 3.42. The molecule has 1 aromatic rings. The van der Waals surface area contributed by atoms with Gasteiger partial charge in [-0.25, -0.2) is 0 Å². The molecule has 17 heavy (non-hydrogen) atoms. The lowest BCUT2D eigenvalue weighted by molar-refractivity contribution is -0.140. The van der Waals surface area contributed by atoms with Gasteiger partial charge in [0, 0.05) is 30.8 Å². The molecule has 0 radical (unpaired) electrons. The number of carbonyl (C=O) groups excluding carboxylic acids is 2. The molecule has 90 valence electrons. The Bertz CT molecular complexity index is 442. The van der Waals surface area contributed by atoms with Gasteiger partial charge in [-0.1, -0.05) is 12.1 Å². The van der Waals surface area contributed by atoms with Crippen LogP contribution in [0.15, 0.2) is 24.3 Å². The quantitative estimate of drug-likeness (QED) is 0.745. The number of Topliss-reactive ketones (excluding diaryl/α,β-unsaturated/α-hetero) is 1. The molecule has 1 aliphatic heterocycles.